The van der Waals surface area contributed by atoms with Gasteiger partial charge in [0.1, 0.15) is 0 Å². The first kappa shape index (κ1) is 13.8. The van der Waals surface area contributed by atoms with Gasteiger partial charge >= 0.3 is 0 Å². The maximum Gasteiger partial charge on any atom is 0.172 e. The Labute approximate surface area is 113 Å². The molecule has 1 fully saturated rings. The summed E-state index contributed by atoms with van der Waals surface area (Å²) >= 11 is 1.64. The van der Waals surface area contributed by atoms with Crippen LogP contribution in [0.1, 0.15) is 61.0 Å². The second-order valence-electron chi connectivity index (χ2n) is 6.01. The van der Waals surface area contributed by atoms with Crippen LogP contribution >= 0.6 is 11.3 Å². The minimum absolute atomic E-state index is 0.137. The molecule has 0 aliphatic carbocycles. The Morgan fingerprint density at radius 2 is 2.22 bits per heavy atom. The summed E-state index contributed by atoms with van der Waals surface area (Å²) in [6.45, 7) is 7.41. The zero-order chi connectivity index (χ0) is 13.2. The van der Waals surface area contributed by atoms with E-state index >= 15 is 0 Å². The summed E-state index contributed by atoms with van der Waals surface area (Å²) < 4.78 is 5.55. The Morgan fingerprint density at radius 1 is 1.44 bits per heavy atom. The molecule has 1 atom stereocenters. The van der Waals surface area contributed by atoms with Gasteiger partial charge in [-0.25, -0.2) is 0 Å². The molecule has 1 unspecified atom stereocenters. The van der Waals surface area contributed by atoms with Gasteiger partial charge in [-0.15, -0.1) is 11.3 Å². The highest BCUT2D eigenvalue weighted by Gasteiger charge is 2.20. The van der Waals surface area contributed by atoms with E-state index in [-0.39, 0.29) is 11.2 Å². The summed E-state index contributed by atoms with van der Waals surface area (Å²) in [4.78, 5) is 14.3. The lowest BCUT2D eigenvalue weighted by atomic mass is 9.95. The molecule has 0 N–H and O–H groups in total. The predicted octanol–water partition coefficient (Wildman–Crippen LogP) is 4.19. The summed E-state index contributed by atoms with van der Waals surface area (Å²) in [5.74, 6) is 0.269. The smallest absolute Gasteiger partial charge is 0.172 e. The van der Waals surface area contributed by atoms with Crippen molar-refractivity contribution in [1.29, 1.82) is 0 Å². The lowest BCUT2D eigenvalue weighted by Crippen LogP contribution is -2.08. The first-order valence-corrected chi connectivity index (χ1v) is 7.53. The molecule has 18 heavy (non-hydrogen) atoms. The topological polar surface area (TPSA) is 26.3 Å². The third-order valence-electron chi connectivity index (χ3n) is 3.34. The minimum Gasteiger partial charge on any atom is -0.378 e. The van der Waals surface area contributed by atoms with Crippen LogP contribution in [-0.2, 0) is 10.2 Å². The zero-order valence-electron chi connectivity index (χ0n) is 11.5. The SMILES string of the molecule is CC(C)(C)c1ccc(C(=O)CCC2CCCO2)s1. The molecule has 2 nitrogen and oxygen atoms in total. The first-order chi connectivity index (χ1) is 8.47. The van der Waals surface area contributed by atoms with E-state index in [1.54, 1.807) is 11.3 Å². The van der Waals surface area contributed by atoms with Crippen molar-refractivity contribution in [2.24, 2.45) is 0 Å². The normalized spacial score (nSPS) is 20.3. The number of thiophene rings is 1. The van der Waals surface area contributed by atoms with Crippen molar-refractivity contribution in [3.8, 4) is 0 Å². The molecule has 2 rings (SSSR count). The van der Waals surface area contributed by atoms with Crippen molar-refractivity contribution in [2.45, 2.75) is 58.0 Å². The molecule has 0 amide bonds. The van der Waals surface area contributed by atoms with Crippen LogP contribution in [0.2, 0.25) is 0 Å². The maximum absolute atomic E-state index is 12.1. The highest BCUT2D eigenvalue weighted by molar-refractivity contribution is 7.14. The van der Waals surface area contributed by atoms with E-state index in [2.05, 4.69) is 26.8 Å². The number of ketones is 1. The molecule has 0 radical (unpaired) electrons. The second-order valence-corrected chi connectivity index (χ2v) is 7.09. The summed E-state index contributed by atoms with van der Waals surface area (Å²) in [6.07, 6.45) is 4.07. The van der Waals surface area contributed by atoms with Crippen LogP contribution in [0.15, 0.2) is 12.1 Å². The highest BCUT2D eigenvalue weighted by Crippen LogP contribution is 2.30. The standard InChI is InChI=1S/C15H22O2S/c1-15(2,3)14-9-8-13(18-14)12(16)7-6-11-5-4-10-17-11/h8-9,11H,4-7,10H2,1-3H3. The van der Waals surface area contributed by atoms with E-state index in [1.807, 2.05) is 6.07 Å². The highest BCUT2D eigenvalue weighted by atomic mass is 32.1. The number of carbonyl (C=O) groups is 1. The quantitative estimate of drug-likeness (QED) is 0.764. The molecule has 0 saturated carbocycles. The van der Waals surface area contributed by atoms with E-state index in [9.17, 15) is 4.79 Å². The molecule has 0 bridgehead atoms. The maximum atomic E-state index is 12.1. The Hall–Kier alpha value is -0.670. The van der Waals surface area contributed by atoms with Gasteiger partial charge in [-0.2, -0.15) is 0 Å². The molecule has 2 heterocycles. The second kappa shape index (κ2) is 5.54. The van der Waals surface area contributed by atoms with E-state index in [4.69, 9.17) is 4.74 Å². The lowest BCUT2D eigenvalue weighted by Gasteiger charge is -2.15. The molecule has 0 spiro atoms. The number of ether oxygens (including phenoxy) is 1. The van der Waals surface area contributed by atoms with Gasteiger partial charge in [0.15, 0.2) is 5.78 Å². The van der Waals surface area contributed by atoms with E-state index < -0.39 is 0 Å². The average Bonchev–Trinajstić information content (AvgIpc) is 2.96. The largest absolute Gasteiger partial charge is 0.378 e. The van der Waals surface area contributed by atoms with Crippen LogP contribution in [0, 0.1) is 0 Å². The van der Waals surface area contributed by atoms with Crippen LogP contribution in [0.25, 0.3) is 0 Å². The molecular weight excluding hydrogens is 244 g/mol. The van der Waals surface area contributed by atoms with Crippen molar-refractivity contribution in [3.63, 3.8) is 0 Å². The van der Waals surface area contributed by atoms with Crippen molar-refractivity contribution < 1.29 is 9.53 Å². The monoisotopic (exact) mass is 266 g/mol. The van der Waals surface area contributed by atoms with Gasteiger partial charge in [-0.1, -0.05) is 20.8 Å². The fourth-order valence-electron chi connectivity index (χ4n) is 2.18. The minimum atomic E-state index is 0.137. The fraction of sp³-hybridized carbons (Fsp3) is 0.667. The van der Waals surface area contributed by atoms with Crippen LogP contribution < -0.4 is 0 Å². The van der Waals surface area contributed by atoms with Gasteiger partial charge in [0.05, 0.1) is 11.0 Å². The van der Waals surface area contributed by atoms with Crippen LogP contribution in [-0.4, -0.2) is 18.5 Å². The van der Waals surface area contributed by atoms with Crippen LogP contribution in [0.4, 0.5) is 0 Å². The Balaban J connectivity index is 1.90. The molecule has 1 saturated heterocycles. The number of rotatable bonds is 4. The molecule has 1 aromatic heterocycles. The molecule has 1 aromatic rings. The van der Waals surface area contributed by atoms with Gasteiger partial charge in [0, 0.05) is 17.9 Å². The summed E-state index contributed by atoms with van der Waals surface area (Å²) in [5, 5.41) is 0. The first-order valence-electron chi connectivity index (χ1n) is 6.72. The molecular formula is C15H22O2S. The van der Waals surface area contributed by atoms with Gasteiger partial charge < -0.3 is 4.74 Å². The summed E-state index contributed by atoms with van der Waals surface area (Å²) in [6, 6.07) is 4.06. The molecule has 1 aliphatic heterocycles. The summed E-state index contributed by atoms with van der Waals surface area (Å²) in [7, 11) is 0. The number of carbonyl (C=O) groups excluding carboxylic acids is 1. The number of hydrogen-bond acceptors (Lipinski definition) is 3. The van der Waals surface area contributed by atoms with E-state index in [1.165, 1.54) is 4.88 Å². The Kier molecular flexibility index (Phi) is 4.23. The van der Waals surface area contributed by atoms with Crippen molar-refractivity contribution >= 4 is 17.1 Å². The molecule has 100 valence electrons. The zero-order valence-corrected chi connectivity index (χ0v) is 12.3. The van der Waals surface area contributed by atoms with E-state index in [0.29, 0.717) is 12.5 Å². The van der Waals surface area contributed by atoms with Crippen LogP contribution in [0.5, 0.6) is 0 Å². The van der Waals surface area contributed by atoms with Gasteiger partial charge in [-0.3, -0.25) is 4.79 Å². The predicted molar refractivity (Wildman–Crippen MR) is 75.6 cm³/mol. The lowest BCUT2D eigenvalue weighted by molar-refractivity contribution is 0.0862. The molecule has 1 aliphatic rings. The Bertz CT molecular complexity index is 408. The van der Waals surface area contributed by atoms with E-state index in [0.717, 1.165) is 30.7 Å². The molecule has 3 heteroatoms. The fourth-order valence-corrected chi connectivity index (χ4v) is 3.21. The van der Waals surface area contributed by atoms with Gasteiger partial charge in [0.2, 0.25) is 0 Å². The van der Waals surface area contributed by atoms with Gasteiger partial charge in [0.25, 0.3) is 0 Å². The van der Waals surface area contributed by atoms with Crippen molar-refractivity contribution in [1.82, 2.24) is 0 Å². The average molecular weight is 266 g/mol. The molecule has 0 aromatic carbocycles. The van der Waals surface area contributed by atoms with Crippen LogP contribution in [0.3, 0.4) is 0 Å². The Morgan fingerprint density at radius 3 is 2.78 bits per heavy atom. The van der Waals surface area contributed by atoms with Crippen molar-refractivity contribution in [2.75, 3.05) is 6.61 Å². The third kappa shape index (κ3) is 3.42. The third-order valence-corrected chi connectivity index (χ3v) is 4.89. The van der Waals surface area contributed by atoms with Crippen molar-refractivity contribution in [3.05, 3.63) is 21.9 Å². The summed E-state index contributed by atoms with van der Waals surface area (Å²) in [5.41, 5.74) is 0.137. The van der Waals surface area contributed by atoms with Gasteiger partial charge in [-0.05, 0) is 36.8 Å². The number of hydrogen-bond donors (Lipinski definition) is 0. The number of Topliss-reactive ketones (excluding diaryl/α,β-unsaturated/α-hetero) is 1.